The summed E-state index contributed by atoms with van der Waals surface area (Å²) in [6, 6.07) is -0.537. The summed E-state index contributed by atoms with van der Waals surface area (Å²) in [5.41, 5.74) is 4.80. The van der Waals surface area contributed by atoms with Crippen molar-refractivity contribution < 1.29 is 19.1 Å². The third-order valence-corrected chi connectivity index (χ3v) is 6.63. The molecule has 1 aliphatic heterocycles. The first-order valence-corrected chi connectivity index (χ1v) is 9.23. The molecule has 5 rings (SSSR count). The summed E-state index contributed by atoms with van der Waals surface area (Å²) in [6.07, 6.45) is 8.29. The Morgan fingerprint density at radius 2 is 1.62 bits per heavy atom. The zero-order valence-corrected chi connectivity index (χ0v) is 14.0. The second-order valence-corrected chi connectivity index (χ2v) is 8.43. The molecule has 1 atom stereocenters. The number of primary amides is 1. The standard InChI is InChI=1S/C18H26N2O4/c19-15(21)10-24-16(22)14-2-1-3-20(14)17(23)18-7-11-4-12(8-18)6-13(5-11)9-18/h11-14H,1-10H2,(H2,19,21)/t11?,12?,13?,14-,18?/m1/s1. The molecule has 5 aliphatic rings. The van der Waals surface area contributed by atoms with E-state index in [1.165, 1.54) is 19.3 Å². The van der Waals surface area contributed by atoms with Crippen LogP contribution in [0.4, 0.5) is 0 Å². The van der Waals surface area contributed by atoms with Crippen LogP contribution < -0.4 is 5.73 Å². The number of likely N-dealkylation sites (tertiary alicyclic amines) is 1. The van der Waals surface area contributed by atoms with Crippen molar-refractivity contribution in [3.63, 3.8) is 0 Å². The fraction of sp³-hybridized carbons (Fsp3) is 0.833. The Labute approximate surface area is 142 Å². The lowest BCUT2D eigenvalue weighted by molar-refractivity contribution is -0.166. The Morgan fingerprint density at radius 1 is 1.04 bits per heavy atom. The Hall–Kier alpha value is -1.59. The fourth-order valence-electron chi connectivity index (χ4n) is 6.17. The quantitative estimate of drug-likeness (QED) is 0.783. The number of rotatable bonds is 4. The van der Waals surface area contributed by atoms with E-state index in [4.69, 9.17) is 10.5 Å². The summed E-state index contributed by atoms with van der Waals surface area (Å²) in [7, 11) is 0. The molecule has 5 fully saturated rings. The molecule has 4 bridgehead atoms. The molecule has 6 heteroatoms. The molecule has 2 amide bonds. The van der Waals surface area contributed by atoms with Gasteiger partial charge >= 0.3 is 5.97 Å². The number of esters is 1. The highest BCUT2D eigenvalue weighted by Gasteiger charge is 2.56. The number of carbonyl (C=O) groups excluding carboxylic acids is 3. The van der Waals surface area contributed by atoms with E-state index >= 15 is 0 Å². The van der Waals surface area contributed by atoms with Gasteiger partial charge in [0.05, 0.1) is 5.41 Å². The van der Waals surface area contributed by atoms with Crippen LogP contribution in [0, 0.1) is 23.2 Å². The van der Waals surface area contributed by atoms with E-state index in [1.54, 1.807) is 4.90 Å². The average molecular weight is 334 g/mol. The SMILES string of the molecule is NC(=O)COC(=O)[C@H]1CCCN1C(=O)C12CC3CC(CC(C3)C1)C2. The summed E-state index contributed by atoms with van der Waals surface area (Å²) in [5.74, 6) is 1.11. The highest BCUT2D eigenvalue weighted by Crippen LogP contribution is 2.60. The first-order chi connectivity index (χ1) is 11.5. The summed E-state index contributed by atoms with van der Waals surface area (Å²) < 4.78 is 4.98. The van der Waals surface area contributed by atoms with E-state index in [1.807, 2.05) is 0 Å². The number of ether oxygens (including phenoxy) is 1. The second-order valence-electron chi connectivity index (χ2n) is 8.43. The van der Waals surface area contributed by atoms with Crippen molar-refractivity contribution in [1.82, 2.24) is 4.90 Å². The van der Waals surface area contributed by atoms with Crippen LogP contribution in [0.15, 0.2) is 0 Å². The van der Waals surface area contributed by atoms with E-state index in [-0.39, 0.29) is 11.3 Å². The second kappa shape index (κ2) is 5.74. The maximum absolute atomic E-state index is 13.4. The molecule has 6 nitrogen and oxygen atoms in total. The minimum absolute atomic E-state index is 0.167. The molecule has 4 aliphatic carbocycles. The molecule has 0 spiro atoms. The Bertz CT molecular complexity index is 538. The van der Waals surface area contributed by atoms with E-state index in [9.17, 15) is 14.4 Å². The monoisotopic (exact) mass is 334 g/mol. The minimum Gasteiger partial charge on any atom is -0.454 e. The van der Waals surface area contributed by atoms with Crippen LogP contribution in [0.3, 0.4) is 0 Å². The van der Waals surface area contributed by atoms with Crippen molar-refractivity contribution in [3.05, 3.63) is 0 Å². The van der Waals surface area contributed by atoms with Gasteiger partial charge in [-0.3, -0.25) is 9.59 Å². The first kappa shape index (κ1) is 15.9. The van der Waals surface area contributed by atoms with Gasteiger partial charge in [0.1, 0.15) is 6.04 Å². The first-order valence-electron chi connectivity index (χ1n) is 9.23. The van der Waals surface area contributed by atoms with Crippen LogP contribution in [0.5, 0.6) is 0 Å². The van der Waals surface area contributed by atoms with Gasteiger partial charge in [0.15, 0.2) is 6.61 Å². The Balaban J connectivity index is 1.49. The number of carbonyl (C=O) groups is 3. The van der Waals surface area contributed by atoms with Gasteiger partial charge in [-0.15, -0.1) is 0 Å². The summed E-state index contributed by atoms with van der Waals surface area (Å²) in [5, 5.41) is 0. The lowest BCUT2D eigenvalue weighted by Crippen LogP contribution is -2.56. The van der Waals surface area contributed by atoms with Crippen molar-refractivity contribution >= 4 is 17.8 Å². The van der Waals surface area contributed by atoms with E-state index in [0.29, 0.717) is 30.7 Å². The molecule has 2 N–H and O–H groups in total. The molecule has 0 aromatic carbocycles. The van der Waals surface area contributed by atoms with Crippen LogP contribution in [0.25, 0.3) is 0 Å². The third kappa shape index (κ3) is 2.60. The fourth-order valence-corrected chi connectivity index (χ4v) is 6.17. The van der Waals surface area contributed by atoms with Crippen LogP contribution in [0.2, 0.25) is 0 Å². The highest BCUT2D eigenvalue weighted by molar-refractivity contribution is 5.89. The molecule has 0 aromatic rings. The maximum Gasteiger partial charge on any atom is 0.329 e. The molecular formula is C18H26N2O4. The zero-order valence-electron chi connectivity index (χ0n) is 14.0. The van der Waals surface area contributed by atoms with Crippen LogP contribution in [-0.4, -0.2) is 41.9 Å². The predicted octanol–water partition coefficient (Wildman–Crippen LogP) is 1.22. The highest BCUT2D eigenvalue weighted by atomic mass is 16.5. The number of hydrogen-bond donors (Lipinski definition) is 1. The lowest BCUT2D eigenvalue weighted by atomic mass is 9.49. The van der Waals surface area contributed by atoms with Crippen LogP contribution >= 0.6 is 0 Å². The largest absolute Gasteiger partial charge is 0.454 e. The van der Waals surface area contributed by atoms with Crippen LogP contribution in [-0.2, 0) is 19.1 Å². The summed E-state index contributed by atoms with van der Waals surface area (Å²) in [6.45, 7) is 0.214. The lowest BCUT2D eigenvalue weighted by Gasteiger charge is -2.56. The maximum atomic E-state index is 13.4. The van der Waals surface area contributed by atoms with Crippen molar-refractivity contribution in [3.8, 4) is 0 Å². The molecule has 4 saturated carbocycles. The van der Waals surface area contributed by atoms with Gasteiger partial charge in [-0.2, -0.15) is 0 Å². The van der Waals surface area contributed by atoms with Gasteiger partial charge in [-0.05, 0) is 69.1 Å². The molecule has 132 valence electrons. The molecule has 0 unspecified atom stereocenters. The van der Waals surface area contributed by atoms with Gasteiger partial charge in [0.25, 0.3) is 5.91 Å². The third-order valence-electron chi connectivity index (χ3n) is 6.63. The number of amides is 2. The number of nitrogens with two attached hydrogens (primary N) is 1. The van der Waals surface area contributed by atoms with Gasteiger partial charge in [0.2, 0.25) is 5.91 Å². The number of nitrogens with zero attached hydrogens (tertiary/aromatic N) is 1. The Morgan fingerprint density at radius 3 is 2.17 bits per heavy atom. The molecule has 1 heterocycles. The summed E-state index contributed by atoms with van der Waals surface area (Å²) >= 11 is 0. The van der Waals surface area contributed by atoms with Crippen LogP contribution in [0.1, 0.15) is 51.4 Å². The molecular weight excluding hydrogens is 308 g/mol. The molecule has 0 aromatic heterocycles. The minimum atomic E-state index is -0.666. The van der Waals surface area contributed by atoms with E-state index in [2.05, 4.69) is 0 Å². The summed E-state index contributed by atoms with van der Waals surface area (Å²) in [4.78, 5) is 38.2. The number of hydrogen-bond acceptors (Lipinski definition) is 4. The zero-order chi connectivity index (χ0) is 16.9. The predicted molar refractivity (Wildman–Crippen MR) is 85.5 cm³/mol. The van der Waals surface area contributed by atoms with Gasteiger partial charge < -0.3 is 15.4 Å². The smallest absolute Gasteiger partial charge is 0.329 e. The van der Waals surface area contributed by atoms with Crippen molar-refractivity contribution in [2.75, 3.05) is 13.2 Å². The van der Waals surface area contributed by atoms with Crippen molar-refractivity contribution in [2.24, 2.45) is 28.9 Å². The Kier molecular flexibility index (Phi) is 3.81. The molecule has 24 heavy (non-hydrogen) atoms. The normalized spacial score (nSPS) is 39.9. The van der Waals surface area contributed by atoms with E-state index in [0.717, 1.165) is 25.7 Å². The topological polar surface area (TPSA) is 89.7 Å². The van der Waals surface area contributed by atoms with Crippen molar-refractivity contribution in [2.45, 2.75) is 57.4 Å². The molecule has 0 radical (unpaired) electrons. The van der Waals surface area contributed by atoms with Crippen molar-refractivity contribution in [1.29, 1.82) is 0 Å². The van der Waals surface area contributed by atoms with Gasteiger partial charge in [-0.25, -0.2) is 4.79 Å². The van der Waals surface area contributed by atoms with Gasteiger partial charge in [-0.1, -0.05) is 0 Å². The van der Waals surface area contributed by atoms with Gasteiger partial charge in [0, 0.05) is 6.54 Å². The van der Waals surface area contributed by atoms with E-state index < -0.39 is 24.5 Å². The molecule has 1 saturated heterocycles. The average Bonchev–Trinajstić information content (AvgIpc) is 3.00.